The van der Waals surface area contributed by atoms with Crippen LogP contribution in [-0.2, 0) is 31.9 Å². The lowest BCUT2D eigenvalue weighted by molar-refractivity contribution is -0.146. The Balaban J connectivity index is 0.000000198. The van der Waals surface area contributed by atoms with Crippen LogP contribution in [0.3, 0.4) is 0 Å². The van der Waals surface area contributed by atoms with Gasteiger partial charge >= 0.3 is 11.9 Å². The highest BCUT2D eigenvalue weighted by atomic mass is 35.5. The van der Waals surface area contributed by atoms with Crippen molar-refractivity contribution in [3.8, 4) is 20.9 Å². The molecule has 51 heavy (non-hydrogen) atoms. The normalized spacial score (nSPS) is 10.8. The van der Waals surface area contributed by atoms with Crippen molar-refractivity contribution in [2.24, 2.45) is 0 Å². The highest BCUT2D eigenvalue weighted by Gasteiger charge is 2.22. The third-order valence-corrected chi connectivity index (χ3v) is 10.1. The molecule has 0 bridgehead atoms. The minimum Gasteiger partial charge on any atom is -0.466 e. The van der Waals surface area contributed by atoms with Gasteiger partial charge in [0.15, 0.2) is 11.5 Å². The van der Waals surface area contributed by atoms with E-state index in [0.717, 1.165) is 32.0 Å². The van der Waals surface area contributed by atoms with Gasteiger partial charge in [0.2, 0.25) is 11.6 Å². The molecule has 0 radical (unpaired) electrons. The fourth-order valence-corrected chi connectivity index (χ4v) is 7.43. The number of benzene rings is 2. The number of rotatable bonds is 12. The molecule has 6 rings (SSSR count). The zero-order valence-electron chi connectivity index (χ0n) is 27.8. The minimum atomic E-state index is -0.329. The van der Waals surface area contributed by atoms with Crippen LogP contribution in [0.15, 0.2) is 106 Å². The summed E-state index contributed by atoms with van der Waals surface area (Å²) in [6, 6.07) is 24.6. The van der Waals surface area contributed by atoms with E-state index in [1.165, 1.54) is 35.2 Å². The predicted molar refractivity (Wildman–Crippen MR) is 199 cm³/mol. The number of ether oxygens (including phenoxy) is 2. The minimum absolute atomic E-state index is 0.0953. The molecule has 0 amide bonds. The van der Waals surface area contributed by atoms with Crippen LogP contribution in [0, 0.1) is 0 Å². The second-order valence-electron chi connectivity index (χ2n) is 11.3. The standard InChI is InChI=1S/C20H17ClO4S.C19H15ClO4S/c1-12(2)25-18(22)11-14-10-17(19(23)16-4-3-9-24-16)26-20(14)13-5-7-15(21)8-6-13;1-2-23-17(21)11-13-10-16(18(22)15-4-3-9-24-15)25-19(13)12-5-7-14(20)8-6-12/h3-10,12H,11H2,1-2H3;3-10H,2,11H2,1H3. The van der Waals surface area contributed by atoms with Gasteiger partial charge in [0.1, 0.15) is 0 Å². The van der Waals surface area contributed by atoms with Crippen LogP contribution in [-0.4, -0.2) is 36.2 Å². The van der Waals surface area contributed by atoms with Gasteiger partial charge in [-0.05, 0) is 104 Å². The van der Waals surface area contributed by atoms with Crippen LogP contribution in [0.4, 0.5) is 0 Å². The summed E-state index contributed by atoms with van der Waals surface area (Å²) in [5.74, 6) is -0.534. The summed E-state index contributed by atoms with van der Waals surface area (Å²) in [6.07, 6.45) is 2.93. The fraction of sp³-hybridized carbons (Fsp3) is 0.179. The summed E-state index contributed by atoms with van der Waals surface area (Å²) < 4.78 is 20.7. The van der Waals surface area contributed by atoms with Gasteiger partial charge in [-0.15, -0.1) is 22.7 Å². The second kappa shape index (κ2) is 17.5. The number of halogens is 2. The van der Waals surface area contributed by atoms with E-state index in [9.17, 15) is 19.2 Å². The molecule has 2 aromatic carbocycles. The van der Waals surface area contributed by atoms with Crippen molar-refractivity contribution >= 4 is 69.4 Å². The Morgan fingerprint density at radius 1 is 0.667 bits per heavy atom. The molecule has 0 atom stereocenters. The summed E-state index contributed by atoms with van der Waals surface area (Å²) in [7, 11) is 0. The van der Waals surface area contributed by atoms with Gasteiger partial charge in [0, 0.05) is 19.8 Å². The summed E-state index contributed by atoms with van der Waals surface area (Å²) in [6.45, 7) is 5.68. The predicted octanol–water partition coefficient (Wildman–Crippen LogP) is 10.4. The molecule has 6 aromatic rings. The molecule has 0 spiro atoms. The molecular weight excluding hydrogens is 731 g/mol. The van der Waals surface area contributed by atoms with Crippen LogP contribution in [0.1, 0.15) is 62.8 Å². The molecule has 4 aromatic heterocycles. The number of carbonyl (C=O) groups is 4. The molecule has 12 heteroatoms. The SMILES string of the molecule is CC(C)OC(=O)Cc1cc(C(=O)c2ccco2)sc1-c1ccc(Cl)cc1.CCOC(=O)Cc1cc(C(=O)c2ccco2)sc1-c1ccc(Cl)cc1. The first-order valence-electron chi connectivity index (χ1n) is 15.8. The zero-order valence-corrected chi connectivity index (χ0v) is 30.9. The van der Waals surface area contributed by atoms with Gasteiger partial charge in [-0.25, -0.2) is 0 Å². The first-order chi connectivity index (χ1) is 24.5. The number of hydrogen-bond acceptors (Lipinski definition) is 10. The molecular formula is C39H32Cl2O8S2. The van der Waals surface area contributed by atoms with Crippen LogP contribution in [0.5, 0.6) is 0 Å². The zero-order chi connectivity index (χ0) is 36.5. The molecule has 0 fully saturated rings. The van der Waals surface area contributed by atoms with Gasteiger partial charge in [0.25, 0.3) is 0 Å². The Morgan fingerprint density at radius 3 is 1.47 bits per heavy atom. The van der Waals surface area contributed by atoms with E-state index in [1.807, 2.05) is 24.3 Å². The molecule has 0 aliphatic carbocycles. The van der Waals surface area contributed by atoms with Crippen molar-refractivity contribution in [1.29, 1.82) is 0 Å². The topological polar surface area (TPSA) is 113 Å². The number of carbonyl (C=O) groups excluding carboxylic acids is 4. The van der Waals surface area contributed by atoms with Crippen LogP contribution in [0.2, 0.25) is 10.0 Å². The first-order valence-corrected chi connectivity index (χ1v) is 18.2. The van der Waals surface area contributed by atoms with Gasteiger partial charge in [-0.3, -0.25) is 19.2 Å². The molecule has 4 heterocycles. The Morgan fingerprint density at radius 2 is 1.10 bits per heavy atom. The van der Waals surface area contributed by atoms with Crippen LogP contribution >= 0.6 is 45.9 Å². The Labute approximate surface area is 312 Å². The average molecular weight is 764 g/mol. The summed E-state index contributed by atoms with van der Waals surface area (Å²) in [5.41, 5.74) is 3.29. The monoisotopic (exact) mass is 762 g/mol. The van der Waals surface area contributed by atoms with Crippen LogP contribution in [0.25, 0.3) is 20.9 Å². The van der Waals surface area contributed by atoms with E-state index in [0.29, 0.717) is 26.4 Å². The number of esters is 2. The number of thiophene rings is 2. The molecule has 0 N–H and O–H groups in total. The van der Waals surface area contributed by atoms with E-state index >= 15 is 0 Å². The van der Waals surface area contributed by atoms with Crippen molar-refractivity contribution in [2.75, 3.05) is 6.61 Å². The number of hydrogen-bond donors (Lipinski definition) is 0. The van der Waals surface area contributed by atoms with E-state index in [-0.39, 0.29) is 54.0 Å². The second-order valence-corrected chi connectivity index (χ2v) is 14.2. The lowest BCUT2D eigenvalue weighted by Crippen LogP contribution is -2.13. The third kappa shape index (κ3) is 9.95. The lowest BCUT2D eigenvalue weighted by atomic mass is 10.1. The fourth-order valence-electron chi connectivity index (χ4n) is 4.92. The molecule has 0 saturated carbocycles. The summed E-state index contributed by atoms with van der Waals surface area (Å²) in [4.78, 5) is 51.9. The molecule has 262 valence electrons. The molecule has 0 unspecified atom stereocenters. The highest BCUT2D eigenvalue weighted by molar-refractivity contribution is 7.18. The average Bonchev–Trinajstić information content (AvgIpc) is 3.93. The van der Waals surface area contributed by atoms with E-state index in [2.05, 4.69) is 0 Å². The van der Waals surface area contributed by atoms with Gasteiger partial charge < -0.3 is 18.3 Å². The van der Waals surface area contributed by atoms with Crippen molar-refractivity contribution in [3.05, 3.63) is 140 Å². The first kappa shape index (κ1) is 37.5. The van der Waals surface area contributed by atoms with Crippen molar-refractivity contribution in [1.82, 2.24) is 0 Å². The van der Waals surface area contributed by atoms with Crippen LogP contribution < -0.4 is 0 Å². The summed E-state index contributed by atoms with van der Waals surface area (Å²) in [5, 5.41) is 1.25. The van der Waals surface area contributed by atoms with Gasteiger partial charge in [0.05, 0.1) is 47.8 Å². The Kier molecular flexibility index (Phi) is 12.8. The quantitative estimate of drug-likeness (QED) is 0.0894. The maximum Gasteiger partial charge on any atom is 0.310 e. The molecule has 0 saturated heterocycles. The van der Waals surface area contributed by atoms with E-state index in [1.54, 1.807) is 81.4 Å². The molecule has 0 aliphatic heterocycles. The molecule has 0 aliphatic rings. The Hall–Kier alpha value is -4.74. The number of furan rings is 2. The van der Waals surface area contributed by atoms with Crippen molar-refractivity contribution in [3.63, 3.8) is 0 Å². The maximum atomic E-state index is 12.6. The van der Waals surface area contributed by atoms with E-state index < -0.39 is 0 Å². The van der Waals surface area contributed by atoms with Gasteiger partial charge in [-0.2, -0.15) is 0 Å². The van der Waals surface area contributed by atoms with Gasteiger partial charge in [-0.1, -0.05) is 47.5 Å². The van der Waals surface area contributed by atoms with E-state index in [4.69, 9.17) is 41.5 Å². The number of ketones is 2. The smallest absolute Gasteiger partial charge is 0.310 e. The van der Waals surface area contributed by atoms with Crippen molar-refractivity contribution in [2.45, 2.75) is 39.7 Å². The highest BCUT2D eigenvalue weighted by Crippen LogP contribution is 2.36. The third-order valence-electron chi connectivity index (χ3n) is 7.11. The maximum absolute atomic E-state index is 12.6. The Bertz CT molecular complexity index is 2090. The summed E-state index contributed by atoms with van der Waals surface area (Å²) >= 11 is 14.6. The lowest BCUT2D eigenvalue weighted by Gasteiger charge is -2.08. The molecule has 8 nitrogen and oxygen atoms in total. The van der Waals surface area contributed by atoms with Crippen molar-refractivity contribution < 1.29 is 37.5 Å². The largest absolute Gasteiger partial charge is 0.466 e.